The summed E-state index contributed by atoms with van der Waals surface area (Å²) in [5.41, 5.74) is 10.2. The van der Waals surface area contributed by atoms with Gasteiger partial charge in [-0.2, -0.15) is 0 Å². The molecule has 1 aromatic heterocycles. The van der Waals surface area contributed by atoms with Crippen molar-refractivity contribution < 1.29 is 19.8 Å². The Hall–Kier alpha value is -2.04. The Labute approximate surface area is 204 Å². The lowest BCUT2D eigenvalue weighted by molar-refractivity contribution is -0.141. The molecule has 2 aromatic rings. The highest BCUT2D eigenvalue weighted by Gasteiger charge is 2.43. The van der Waals surface area contributed by atoms with Crippen LogP contribution in [-0.2, 0) is 9.59 Å². The Bertz CT molecular complexity index is 960. The van der Waals surface area contributed by atoms with Crippen molar-refractivity contribution in [3.8, 4) is 10.4 Å². The maximum absolute atomic E-state index is 13.0. The van der Waals surface area contributed by atoms with Crippen LogP contribution in [-0.4, -0.2) is 63.3 Å². The number of β-amino-alcohol motifs (C(OH)–C–C–N with tert-alkyl or cyclic N) is 1. The van der Waals surface area contributed by atoms with Crippen LogP contribution in [0.1, 0.15) is 44.5 Å². The van der Waals surface area contributed by atoms with Crippen LogP contribution in [0.4, 0.5) is 0 Å². The van der Waals surface area contributed by atoms with Gasteiger partial charge in [0.05, 0.1) is 40.9 Å². The molecule has 10 heteroatoms. The predicted molar refractivity (Wildman–Crippen MR) is 131 cm³/mol. The Morgan fingerprint density at radius 1 is 1.30 bits per heavy atom. The Morgan fingerprint density at radius 3 is 2.45 bits per heavy atom. The molecule has 1 aliphatic heterocycles. The van der Waals surface area contributed by atoms with Gasteiger partial charge in [0.1, 0.15) is 6.04 Å². The van der Waals surface area contributed by atoms with Gasteiger partial charge >= 0.3 is 0 Å². The average Bonchev–Trinajstić information content (AvgIpc) is 3.35. The van der Waals surface area contributed by atoms with E-state index in [2.05, 4.69) is 10.3 Å². The third-order valence-electron chi connectivity index (χ3n) is 5.88. The molecule has 0 saturated carbocycles. The summed E-state index contributed by atoms with van der Waals surface area (Å²) in [4.78, 5) is 32.7. The minimum atomic E-state index is -0.834. The molecule has 33 heavy (non-hydrogen) atoms. The Morgan fingerprint density at radius 2 is 1.94 bits per heavy atom. The molecule has 2 amide bonds. The van der Waals surface area contributed by atoms with E-state index in [1.54, 1.807) is 16.8 Å². The van der Waals surface area contributed by atoms with Crippen LogP contribution in [0.25, 0.3) is 10.4 Å². The SMILES string of the molecule is Cc1ncsc1-c1ccc([C@H](CO)NC(=O)[C@@H]2C[C@@H](O)CN2C(=O)[C@@H](N)C(C)(C)C)cc1.Cl. The normalized spacial score (nSPS) is 20.2. The highest BCUT2D eigenvalue weighted by molar-refractivity contribution is 7.13. The fourth-order valence-electron chi connectivity index (χ4n) is 3.80. The molecule has 0 radical (unpaired) electrons. The minimum absolute atomic E-state index is 0. The van der Waals surface area contributed by atoms with E-state index in [-0.39, 0.29) is 37.9 Å². The first-order valence-electron chi connectivity index (χ1n) is 10.7. The Kier molecular flexibility index (Phi) is 9.01. The number of hydrogen-bond donors (Lipinski definition) is 4. The first-order chi connectivity index (χ1) is 15.0. The molecule has 1 saturated heterocycles. The van der Waals surface area contributed by atoms with Crippen molar-refractivity contribution in [3.05, 3.63) is 41.0 Å². The van der Waals surface area contributed by atoms with Crippen LogP contribution in [0.2, 0.25) is 0 Å². The third kappa shape index (κ3) is 6.10. The Balaban J connectivity index is 0.00000385. The maximum atomic E-state index is 13.0. The molecular formula is C23H33ClN4O4S. The number of halogens is 1. The summed E-state index contributed by atoms with van der Waals surface area (Å²) in [6, 6.07) is 5.32. The molecule has 0 spiro atoms. The lowest BCUT2D eigenvalue weighted by atomic mass is 9.86. The van der Waals surface area contributed by atoms with Gasteiger partial charge in [0, 0.05) is 13.0 Å². The van der Waals surface area contributed by atoms with Crippen molar-refractivity contribution in [3.63, 3.8) is 0 Å². The number of amides is 2. The number of hydrogen-bond acceptors (Lipinski definition) is 7. The van der Waals surface area contributed by atoms with Crippen molar-refractivity contribution >= 4 is 35.6 Å². The second-order valence-corrected chi connectivity index (χ2v) is 10.2. The molecule has 182 valence electrons. The minimum Gasteiger partial charge on any atom is -0.394 e. The van der Waals surface area contributed by atoms with Gasteiger partial charge in [-0.25, -0.2) is 4.98 Å². The van der Waals surface area contributed by atoms with Gasteiger partial charge in [0.2, 0.25) is 11.8 Å². The molecule has 2 heterocycles. The lowest BCUT2D eigenvalue weighted by Gasteiger charge is -2.33. The maximum Gasteiger partial charge on any atom is 0.243 e. The standard InChI is InChI=1S/C23H32N4O4S.ClH/c1-13-19(32-12-25-13)15-7-5-14(6-8-15)17(11-28)26-21(30)18-9-16(29)10-27(18)22(31)20(24)23(2,3)4;/h5-8,12,16-18,20,28-29H,9-11,24H2,1-4H3,(H,26,30);1H/t16-,17+,18+,20-;/m1./s1. The van der Waals surface area contributed by atoms with Crippen molar-refractivity contribution in [1.29, 1.82) is 0 Å². The van der Waals surface area contributed by atoms with Crippen LogP contribution in [0.15, 0.2) is 29.8 Å². The molecule has 5 N–H and O–H groups in total. The highest BCUT2D eigenvalue weighted by atomic mass is 35.5. The molecule has 3 rings (SSSR count). The number of likely N-dealkylation sites (tertiary alicyclic amines) is 1. The van der Waals surface area contributed by atoms with Gasteiger partial charge in [-0.05, 0) is 23.5 Å². The first kappa shape index (κ1) is 27.2. The molecule has 0 bridgehead atoms. The van der Waals surface area contributed by atoms with E-state index in [0.717, 1.165) is 21.7 Å². The van der Waals surface area contributed by atoms with Crippen molar-refractivity contribution in [2.45, 2.75) is 58.3 Å². The zero-order chi connectivity index (χ0) is 23.6. The molecule has 1 fully saturated rings. The summed E-state index contributed by atoms with van der Waals surface area (Å²) in [6.07, 6.45) is -0.660. The van der Waals surface area contributed by atoms with E-state index in [4.69, 9.17) is 5.73 Å². The van der Waals surface area contributed by atoms with Crippen molar-refractivity contribution in [1.82, 2.24) is 15.2 Å². The number of rotatable bonds is 6. The number of aryl methyl sites for hydroxylation is 1. The second kappa shape index (κ2) is 10.9. The van der Waals surface area contributed by atoms with E-state index in [1.807, 2.05) is 52.0 Å². The van der Waals surface area contributed by atoms with Crippen molar-refractivity contribution in [2.75, 3.05) is 13.2 Å². The molecule has 1 aliphatic rings. The van der Waals surface area contributed by atoms with E-state index in [0.29, 0.717) is 0 Å². The zero-order valence-corrected chi connectivity index (χ0v) is 20.9. The van der Waals surface area contributed by atoms with Gasteiger partial charge in [-0.1, -0.05) is 45.0 Å². The predicted octanol–water partition coefficient (Wildman–Crippen LogP) is 2.03. The topological polar surface area (TPSA) is 129 Å². The van der Waals surface area contributed by atoms with E-state index >= 15 is 0 Å². The molecule has 1 aromatic carbocycles. The van der Waals surface area contributed by atoms with Gasteiger partial charge in [0.15, 0.2) is 0 Å². The third-order valence-corrected chi connectivity index (χ3v) is 6.86. The lowest BCUT2D eigenvalue weighted by Crippen LogP contribution is -2.55. The number of benzene rings is 1. The fourth-order valence-corrected chi connectivity index (χ4v) is 4.61. The van der Waals surface area contributed by atoms with E-state index in [1.165, 1.54) is 4.90 Å². The van der Waals surface area contributed by atoms with Crippen LogP contribution in [0.3, 0.4) is 0 Å². The smallest absolute Gasteiger partial charge is 0.243 e. The van der Waals surface area contributed by atoms with Crippen LogP contribution >= 0.6 is 23.7 Å². The highest BCUT2D eigenvalue weighted by Crippen LogP contribution is 2.29. The molecule has 0 aliphatic carbocycles. The molecular weight excluding hydrogens is 464 g/mol. The van der Waals surface area contributed by atoms with Crippen molar-refractivity contribution in [2.24, 2.45) is 11.1 Å². The summed E-state index contributed by atoms with van der Waals surface area (Å²) < 4.78 is 0. The summed E-state index contributed by atoms with van der Waals surface area (Å²) in [6.45, 7) is 7.29. The quantitative estimate of drug-likeness (QED) is 0.484. The van der Waals surface area contributed by atoms with Gasteiger partial charge in [-0.3, -0.25) is 9.59 Å². The zero-order valence-electron chi connectivity index (χ0n) is 19.3. The number of nitrogens with zero attached hydrogens (tertiary/aromatic N) is 2. The average molecular weight is 497 g/mol. The number of aliphatic hydroxyl groups is 2. The molecule has 0 unspecified atom stereocenters. The number of aliphatic hydroxyl groups excluding tert-OH is 2. The summed E-state index contributed by atoms with van der Waals surface area (Å²) in [5.74, 6) is -0.781. The first-order valence-corrected chi connectivity index (χ1v) is 11.6. The van der Waals surface area contributed by atoms with Gasteiger partial charge in [-0.15, -0.1) is 23.7 Å². The number of carbonyl (C=O) groups excluding carboxylic acids is 2. The van der Waals surface area contributed by atoms with E-state index < -0.39 is 35.6 Å². The number of carbonyl (C=O) groups is 2. The largest absolute Gasteiger partial charge is 0.394 e. The van der Waals surface area contributed by atoms with Gasteiger partial charge < -0.3 is 26.2 Å². The van der Waals surface area contributed by atoms with Crippen LogP contribution in [0, 0.1) is 12.3 Å². The number of nitrogens with two attached hydrogens (primary N) is 1. The van der Waals surface area contributed by atoms with Gasteiger partial charge in [0.25, 0.3) is 0 Å². The summed E-state index contributed by atoms with van der Waals surface area (Å²) in [7, 11) is 0. The second-order valence-electron chi connectivity index (χ2n) is 9.37. The van der Waals surface area contributed by atoms with Crippen LogP contribution < -0.4 is 11.1 Å². The van der Waals surface area contributed by atoms with Crippen LogP contribution in [0.5, 0.6) is 0 Å². The summed E-state index contributed by atoms with van der Waals surface area (Å²) in [5, 5.41) is 22.9. The monoisotopic (exact) mass is 496 g/mol. The fraction of sp³-hybridized carbons (Fsp3) is 0.522. The van der Waals surface area contributed by atoms with E-state index in [9.17, 15) is 19.8 Å². The number of aromatic nitrogens is 1. The number of nitrogens with one attached hydrogen (secondary N) is 1. The molecule has 8 nitrogen and oxygen atoms in total. The number of thiazole rings is 1. The molecule has 4 atom stereocenters. The summed E-state index contributed by atoms with van der Waals surface area (Å²) >= 11 is 1.56.